The lowest BCUT2D eigenvalue weighted by Crippen LogP contribution is -2.30. The fourth-order valence-corrected chi connectivity index (χ4v) is 5.36. The average molecular weight is 461 g/mol. The monoisotopic (exact) mass is 461 g/mol. The van der Waals surface area contributed by atoms with Crippen molar-refractivity contribution in [2.45, 2.75) is 13.5 Å². The molecular formula is C20H17F2N5O4S. The van der Waals surface area contributed by atoms with Gasteiger partial charge in [0, 0.05) is 29.4 Å². The number of carboxylic acids is 1. The Kier molecular flexibility index (Phi) is 4.46. The van der Waals surface area contributed by atoms with Crippen LogP contribution in [-0.2, 0) is 16.8 Å². The minimum atomic E-state index is -3.97. The Hall–Kier alpha value is -3.51. The van der Waals surface area contributed by atoms with Crippen LogP contribution in [0.15, 0.2) is 30.5 Å². The highest BCUT2D eigenvalue weighted by Crippen LogP contribution is 2.38. The summed E-state index contributed by atoms with van der Waals surface area (Å²) in [7, 11) is -3.97. The molecular weight excluding hydrogens is 444 g/mol. The Morgan fingerprint density at radius 3 is 2.69 bits per heavy atom. The summed E-state index contributed by atoms with van der Waals surface area (Å²) in [5, 5.41) is 17.4. The normalized spacial score (nSPS) is 15.8. The number of nitrogens with one attached hydrogen (secondary N) is 2. The van der Waals surface area contributed by atoms with E-state index in [4.69, 9.17) is 0 Å². The molecule has 0 bridgehead atoms. The Morgan fingerprint density at radius 1 is 1.22 bits per heavy atom. The molecule has 3 heterocycles. The molecule has 5 rings (SSSR count). The van der Waals surface area contributed by atoms with E-state index in [0.29, 0.717) is 10.9 Å². The van der Waals surface area contributed by atoms with Crippen LogP contribution in [0.2, 0.25) is 0 Å². The molecule has 32 heavy (non-hydrogen) atoms. The number of anilines is 1. The van der Waals surface area contributed by atoms with Crippen molar-refractivity contribution in [1.29, 1.82) is 0 Å². The van der Waals surface area contributed by atoms with Gasteiger partial charge in [-0.25, -0.2) is 13.6 Å². The lowest BCUT2D eigenvalue weighted by atomic mass is 10.1. The van der Waals surface area contributed by atoms with E-state index in [1.165, 1.54) is 35.9 Å². The number of halogens is 2. The summed E-state index contributed by atoms with van der Waals surface area (Å²) in [6.07, 6.45) is 1.46. The third kappa shape index (κ3) is 3.02. The molecule has 166 valence electrons. The number of aromatic nitrogens is 3. The van der Waals surface area contributed by atoms with Crippen molar-refractivity contribution in [3.05, 3.63) is 58.9 Å². The number of nitrogens with zero attached hydrogens (tertiary/aromatic N) is 3. The summed E-state index contributed by atoms with van der Waals surface area (Å²) in [5.41, 5.74) is 0.596. The molecule has 1 aliphatic rings. The lowest BCUT2D eigenvalue weighted by molar-refractivity contribution is 0.0687. The van der Waals surface area contributed by atoms with Gasteiger partial charge in [0.2, 0.25) is 0 Å². The first-order valence-corrected chi connectivity index (χ1v) is 11.1. The third-order valence-electron chi connectivity index (χ3n) is 5.59. The van der Waals surface area contributed by atoms with E-state index in [2.05, 4.69) is 14.9 Å². The van der Waals surface area contributed by atoms with Crippen molar-refractivity contribution in [3.8, 4) is 0 Å². The van der Waals surface area contributed by atoms with E-state index in [9.17, 15) is 27.1 Å². The maximum Gasteiger partial charge on any atom is 0.354 e. The van der Waals surface area contributed by atoms with Gasteiger partial charge in [0.25, 0.3) is 0 Å². The number of hydrogen-bond donors (Lipinski definition) is 3. The minimum absolute atomic E-state index is 0.00656. The lowest BCUT2D eigenvalue weighted by Gasteiger charge is -2.17. The number of aryl methyl sites for hydroxylation is 1. The van der Waals surface area contributed by atoms with Crippen LogP contribution in [0.25, 0.3) is 21.8 Å². The molecule has 12 heteroatoms. The molecule has 0 atom stereocenters. The number of carboxylic acid groups (broad SMARTS) is 1. The highest BCUT2D eigenvalue weighted by atomic mass is 32.2. The smallest absolute Gasteiger partial charge is 0.354 e. The molecule has 2 aromatic heterocycles. The Morgan fingerprint density at radius 2 is 2.00 bits per heavy atom. The summed E-state index contributed by atoms with van der Waals surface area (Å²) in [6, 6.07) is 5.31. The SMILES string of the molecule is Cc1cc2c(N3CCNS3(=O)=O)c(C(=O)O)n(Cc3cc4[nH]ncc4cc3F)c2cc1F. The van der Waals surface area contributed by atoms with Gasteiger partial charge in [-0.3, -0.25) is 9.40 Å². The number of carbonyl (C=O) groups is 1. The van der Waals surface area contributed by atoms with Crippen molar-refractivity contribution in [2.24, 2.45) is 0 Å². The molecule has 3 N–H and O–H groups in total. The average Bonchev–Trinajstić information content (AvgIpc) is 3.38. The molecule has 0 aliphatic carbocycles. The maximum atomic E-state index is 14.8. The van der Waals surface area contributed by atoms with Gasteiger partial charge in [0.15, 0.2) is 5.69 Å². The van der Waals surface area contributed by atoms with Crippen LogP contribution < -0.4 is 9.03 Å². The number of fused-ring (bicyclic) bond motifs is 2. The standard InChI is InChI=1S/C20H17F2N5O4S/c1-10-4-13-17(7-14(10)21)26(9-12-6-16-11(5-15(12)22)8-23-25-16)19(20(28)29)18(13)27-3-2-24-32(27,30)31/h4-8,24H,2-3,9H2,1H3,(H,23,25)(H,28,29). The summed E-state index contributed by atoms with van der Waals surface area (Å²) >= 11 is 0. The van der Waals surface area contributed by atoms with Crippen LogP contribution in [-0.4, -0.2) is 47.3 Å². The first-order valence-electron chi connectivity index (χ1n) is 9.62. The molecule has 0 amide bonds. The van der Waals surface area contributed by atoms with Crippen molar-refractivity contribution >= 4 is 43.7 Å². The summed E-state index contributed by atoms with van der Waals surface area (Å²) in [5.74, 6) is -2.60. The zero-order valence-electron chi connectivity index (χ0n) is 16.7. The van der Waals surface area contributed by atoms with Gasteiger partial charge >= 0.3 is 16.2 Å². The van der Waals surface area contributed by atoms with E-state index in [0.717, 1.165) is 10.4 Å². The number of aromatic amines is 1. The number of benzene rings is 2. The van der Waals surface area contributed by atoms with E-state index >= 15 is 0 Å². The molecule has 0 unspecified atom stereocenters. The van der Waals surface area contributed by atoms with Gasteiger partial charge in [0.1, 0.15) is 11.6 Å². The molecule has 0 radical (unpaired) electrons. The van der Waals surface area contributed by atoms with Gasteiger partial charge < -0.3 is 9.67 Å². The van der Waals surface area contributed by atoms with E-state index in [1.807, 2.05) is 0 Å². The second-order valence-electron chi connectivity index (χ2n) is 7.58. The highest BCUT2D eigenvalue weighted by molar-refractivity contribution is 7.91. The second-order valence-corrected chi connectivity index (χ2v) is 9.26. The molecule has 0 spiro atoms. The predicted molar refractivity (Wildman–Crippen MR) is 113 cm³/mol. The van der Waals surface area contributed by atoms with Crippen LogP contribution in [0.4, 0.5) is 14.5 Å². The molecule has 0 saturated carbocycles. The second kappa shape index (κ2) is 7.00. The van der Waals surface area contributed by atoms with Crippen molar-refractivity contribution in [2.75, 3.05) is 17.4 Å². The van der Waals surface area contributed by atoms with E-state index in [1.54, 1.807) is 0 Å². The zero-order chi connectivity index (χ0) is 22.8. The van der Waals surface area contributed by atoms with E-state index in [-0.39, 0.29) is 53.0 Å². The Labute approximate surface area is 180 Å². The summed E-state index contributed by atoms with van der Waals surface area (Å²) < 4.78 is 58.9. The predicted octanol–water partition coefficient (Wildman–Crippen LogP) is 2.51. The zero-order valence-corrected chi connectivity index (χ0v) is 17.5. The fourth-order valence-electron chi connectivity index (χ4n) is 4.10. The fraction of sp³-hybridized carbons (Fsp3) is 0.200. The maximum absolute atomic E-state index is 14.8. The number of hydrogen-bond acceptors (Lipinski definition) is 4. The molecule has 2 aromatic carbocycles. The van der Waals surface area contributed by atoms with Gasteiger partial charge in [-0.2, -0.15) is 18.2 Å². The van der Waals surface area contributed by atoms with Crippen molar-refractivity contribution in [3.63, 3.8) is 0 Å². The molecule has 1 saturated heterocycles. The van der Waals surface area contributed by atoms with Crippen molar-refractivity contribution in [1.82, 2.24) is 19.5 Å². The largest absolute Gasteiger partial charge is 0.477 e. The molecule has 1 aliphatic heterocycles. The van der Waals surface area contributed by atoms with Crippen LogP contribution in [0.5, 0.6) is 0 Å². The Bertz CT molecular complexity index is 1530. The number of rotatable bonds is 4. The van der Waals surface area contributed by atoms with Crippen LogP contribution in [0.3, 0.4) is 0 Å². The Balaban J connectivity index is 1.81. The van der Waals surface area contributed by atoms with E-state index < -0.39 is 27.8 Å². The third-order valence-corrected chi connectivity index (χ3v) is 7.11. The highest BCUT2D eigenvalue weighted by Gasteiger charge is 2.36. The minimum Gasteiger partial charge on any atom is -0.477 e. The van der Waals surface area contributed by atoms with Crippen molar-refractivity contribution < 1.29 is 27.1 Å². The van der Waals surface area contributed by atoms with Crippen LogP contribution in [0, 0.1) is 18.6 Å². The molecule has 1 fully saturated rings. The van der Waals surface area contributed by atoms with Gasteiger partial charge in [-0.15, -0.1) is 0 Å². The van der Waals surface area contributed by atoms with Crippen LogP contribution in [0.1, 0.15) is 21.6 Å². The van der Waals surface area contributed by atoms with Gasteiger partial charge in [-0.05, 0) is 36.8 Å². The quantitative estimate of drug-likeness (QED) is 0.431. The molecule has 4 aromatic rings. The summed E-state index contributed by atoms with van der Waals surface area (Å²) in [4.78, 5) is 12.3. The van der Waals surface area contributed by atoms with Gasteiger partial charge in [-0.1, -0.05) is 0 Å². The topological polar surface area (TPSA) is 120 Å². The number of H-pyrrole nitrogens is 1. The van der Waals surface area contributed by atoms with Crippen LogP contribution >= 0.6 is 0 Å². The van der Waals surface area contributed by atoms with Gasteiger partial charge in [0.05, 0.1) is 29.5 Å². The summed E-state index contributed by atoms with van der Waals surface area (Å²) in [6.45, 7) is 1.34. The first kappa shape index (κ1) is 20.4. The molecule has 9 nitrogen and oxygen atoms in total. The first-order chi connectivity index (χ1) is 15.2. The number of aromatic carboxylic acids is 1.